The molecule has 0 aliphatic carbocycles. The third-order valence-electron chi connectivity index (χ3n) is 3.14. The van der Waals surface area contributed by atoms with Crippen molar-refractivity contribution in [2.45, 2.75) is 44.7 Å². The van der Waals surface area contributed by atoms with E-state index in [1.54, 1.807) is 12.5 Å². The number of hydrogen-bond acceptors (Lipinski definition) is 3. The van der Waals surface area contributed by atoms with Gasteiger partial charge in [0.1, 0.15) is 11.7 Å². The molecule has 0 saturated carbocycles. The molecule has 5 heteroatoms. The number of nitrogens with two attached hydrogens (primary N) is 1. The summed E-state index contributed by atoms with van der Waals surface area (Å²) in [4.78, 5) is 9.09. The molecule has 1 fully saturated rings. The summed E-state index contributed by atoms with van der Waals surface area (Å²) in [6.45, 7) is 2.01. The second-order valence-corrected chi connectivity index (χ2v) is 4.43. The Balaban J connectivity index is 2.29. The quantitative estimate of drug-likeness (QED) is 0.707. The summed E-state index contributed by atoms with van der Waals surface area (Å²) < 4.78 is 0. The lowest BCUT2D eigenvalue weighted by Crippen LogP contribution is -2.48. The minimum Gasteiger partial charge on any atom is -0.331 e. The molecule has 4 N–H and O–H groups in total. The topological polar surface area (TPSA) is 81.8 Å². The third-order valence-corrected chi connectivity index (χ3v) is 3.14. The maximum absolute atomic E-state index is 8.11. The summed E-state index contributed by atoms with van der Waals surface area (Å²) in [5.74, 6) is 1.53. The van der Waals surface area contributed by atoms with Gasteiger partial charge in [0.2, 0.25) is 0 Å². The average Bonchev–Trinajstić information content (AvgIpc) is 2.68. The summed E-state index contributed by atoms with van der Waals surface area (Å²) in [5, 5.41) is 8.11. The molecule has 5 nitrogen and oxygen atoms in total. The zero-order valence-electron chi connectivity index (χ0n) is 9.61. The fourth-order valence-electron chi connectivity index (χ4n) is 2.30. The summed E-state index contributed by atoms with van der Waals surface area (Å²) >= 11 is 0. The van der Waals surface area contributed by atoms with Crippen LogP contribution >= 0.6 is 0 Å². The van der Waals surface area contributed by atoms with Crippen molar-refractivity contribution in [1.29, 1.82) is 5.41 Å². The molecule has 2 heterocycles. The van der Waals surface area contributed by atoms with Crippen LogP contribution in [-0.4, -0.2) is 27.9 Å². The van der Waals surface area contributed by atoms with Crippen LogP contribution in [0.5, 0.6) is 0 Å². The van der Waals surface area contributed by atoms with Crippen molar-refractivity contribution in [3.8, 4) is 0 Å². The number of rotatable bonds is 2. The number of nitrogens with one attached hydrogen (secondary N) is 2. The van der Waals surface area contributed by atoms with Gasteiger partial charge < -0.3 is 15.6 Å². The van der Waals surface area contributed by atoms with Crippen molar-refractivity contribution in [2.24, 2.45) is 5.73 Å². The van der Waals surface area contributed by atoms with Gasteiger partial charge in [-0.1, -0.05) is 6.42 Å². The van der Waals surface area contributed by atoms with Gasteiger partial charge in [0.25, 0.3) is 0 Å². The molecule has 1 saturated heterocycles. The number of anilines is 1. The molecule has 2 atom stereocenters. The number of aromatic nitrogens is 2. The predicted molar refractivity (Wildman–Crippen MR) is 64.7 cm³/mol. The molecule has 0 amide bonds. The van der Waals surface area contributed by atoms with Gasteiger partial charge >= 0.3 is 0 Å². The maximum atomic E-state index is 8.11. The first-order valence-corrected chi connectivity index (χ1v) is 5.80. The van der Waals surface area contributed by atoms with Crippen LogP contribution in [-0.2, 0) is 0 Å². The Hall–Kier alpha value is -1.36. The van der Waals surface area contributed by atoms with Crippen LogP contribution in [0.3, 0.4) is 0 Å². The highest BCUT2D eigenvalue weighted by molar-refractivity contribution is 5.95. The first kappa shape index (κ1) is 11.1. The van der Waals surface area contributed by atoms with Crippen LogP contribution in [0.15, 0.2) is 12.5 Å². The SMILES string of the molecule is CC(N)C1CCCCC(=N)N1c1cnc[nH]1. The summed E-state index contributed by atoms with van der Waals surface area (Å²) in [5.41, 5.74) is 6.02. The Morgan fingerprint density at radius 3 is 3.06 bits per heavy atom. The van der Waals surface area contributed by atoms with E-state index < -0.39 is 0 Å². The Kier molecular flexibility index (Phi) is 3.24. The van der Waals surface area contributed by atoms with Crippen LogP contribution in [0.2, 0.25) is 0 Å². The Morgan fingerprint density at radius 2 is 2.44 bits per heavy atom. The normalized spacial score (nSPS) is 24.2. The summed E-state index contributed by atoms with van der Waals surface area (Å²) in [7, 11) is 0. The van der Waals surface area contributed by atoms with Crippen molar-refractivity contribution in [3.63, 3.8) is 0 Å². The van der Waals surface area contributed by atoms with E-state index in [4.69, 9.17) is 11.1 Å². The Morgan fingerprint density at radius 1 is 1.62 bits per heavy atom. The summed E-state index contributed by atoms with van der Waals surface area (Å²) in [6.07, 6.45) is 7.48. The molecular formula is C11H19N5. The highest BCUT2D eigenvalue weighted by Crippen LogP contribution is 2.24. The van der Waals surface area contributed by atoms with E-state index in [2.05, 4.69) is 9.97 Å². The Bertz CT molecular complexity index is 343. The largest absolute Gasteiger partial charge is 0.331 e. The fourth-order valence-corrected chi connectivity index (χ4v) is 2.30. The van der Waals surface area contributed by atoms with Crippen molar-refractivity contribution in [2.75, 3.05) is 4.90 Å². The first-order valence-electron chi connectivity index (χ1n) is 5.80. The molecule has 2 unspecified atom stereocenters. The van der Waals surface area contributed by atoms with Crippen molar-refractivity contribution in [1.82, 2.24) is 9.97 Å². The molecule has 0 bridgehead atoms. The smallest absolute Gasteiger partial charge is 0.131 e. The molecule has 0 spiro atoms. The molecule has 1 aliphatic rings. The maximum Gasteiger partial charge on any atom is 0.131 e. The van der Waals surface area contributed by atoms with Crippen molar-refractivity contribution < 1.29 is 0 Å². The minimum absolute atomic E-state index is 0.0572. The lowest BCUT2D eigenvalue weighted by molar-refractivity contribution is 0.511. The van der Waals surface area contributed by atoms with Crippen LogP contribution in [0.4, 0.5) is 5.82 Å². The standard InChI is InChI=1S/C11H19N5/c1-8(12)9-4-2-3-5-10(13)16(9)11-6-14-7-15-11/h6-9,13H,2-5,12H2,1H3,(H,14,15). The number of nitrogens with zero attached hydrogens (tertiary/aromatic N) is 2. The number of aromatic amines is 1. The lowest BCUT2D eigenvalue weighted by Gasteiger charge is -2.33. The molecule has 1 aromatic rings. The van der Waals surface area contributed by atoms with E-state index in [1.807, 2.05) is 11.8 Å². The van der Waals surface area contributed by atoms with Crippen LogP contribution in [0, 0.1) is 5.41 Å². The molecule has 2 rings (SSSR count). The van der Waals surface area contributed by atoms with E-state index in [9.17, 15) is 0 Å². The molecule has 0 radical (unpaired) electrons. The molecular weight excluding hydrogens is 202 g/mol. The minimum atomic E-state index is 0.0572. The first-order chi connectivity index (χ1) is 7.70. The van der Waals surface area contributed by atoms with E-state index in [1.165, 1.54) is 0 Å². The van der Waals surface area contributed by atoms with Crippen LogP contribution in [0.25, 0.3) is 0 Å². The highest BCUT2D eigenvalue weighted by atomic mass is 15.3. The number of imidazole rings is 1. The second kappa shape index (κ2) is 4.65. The van der Waals surface area contributed by atoms with Crippen LogP contribution < -0.4 is 10.6 Å². The van der Waals surface area contributed by atoms with Crippen molar-refractivity contribution >= 4 is 11.7 Å². The monoisotopic (exact) mass is 221 g/mol. The molecule has 16 heavy (non-hydrogen) atoms. The van der Waals surface area contributed by atoms with Gasteiger partial charge in [0.15, 0.2) is 0 Å². The number of hydrogen-bond donors (Lipinski definition) is 3. The highest BCUT2D eigenvalue weighted by Gasteiger charge is 2.28. The molecule has 1 aliphatic heterocycles. The fraction of sp³-hybridized carbons (Fsp3) is 0.636. The predicted octanol–water partition coefficient (Wildman–Crippen LogP) is 1.48. The van der Waals surface area contributed by atoms with Gasteiger partial charge in [0.05, 0.1) is 18.6 Å². The Labute approximate surface area is 95.6 Å². The molecule has 88 valence electrons. The lowest BCUT2D eigenvalue weighted by atomic mass is 10.0. The third kappa shape index (κ3) is 2.09. The van der Waals surface area contributed by atoms with E-state index in [0.29, 0.717) is 5.84 Å². The van der Waals surface area contributed by atoms with E-state index in [0.717, 1.165) is 31.5 Å². The molecule has 0 aromatic carbocycles. The average molecular weight is 221 g/mol. The van der Waals surface area contributed by atoms with Crippen molar-refractivity contribution in [3.05, 3.63) is 12.5 Å². The summed E-state index contributed by atoms with van der Waals surface area (Å²) in [6, 6.07) is 0.261. The van der Waals surface area contributed by atoms with Gasteiger partial charge in [-0.15, -0.1) is 0 Å². The van der Waals surface area contributed by atoms with Gasteiger partial charge in [-0.2, -0.15) is 0 Å². The number of H-pyrrole nitrogens is 1. The molecule has 1 aromatic heterocycles. The van der Waals surface area contributed by atoms with Gasteiger partial charge in [-0.3, -0.25) is 5.41 Å². The zero-order valence-corrected chi connectivity index (χ0v) is 9.61. The van der Waals surface area contributed by atoms with Gasteiger partial charge in [0, 0.05) is 12.5 Å². The van der Waals surface area contributed by atoms with Crippen LogP contribution in [0.1, 0.15) is 32.6 Å². The second-order valence-electron chi connectivity index (χ2n) is 4.43. The zero-order chi connectivity index (χ0) is 11.5. The van der Waals surface area contributed by atoms with Gasteiger partial charge in [-0.05, 0) is 19.8 Å². The van der Waals surface area contributed by atoms with Gasteiger partial charge in [-0.25, -0.2) is 4.98 Å². The number of amidine groups is 1. The van der Waals surface area contributed by atoms with E-state index in [-0.39, 0.29) is 12.1 Å². The van der Waals surface area contributed by atoms with E-state index >= 15 is 0 Å².